The van der Waals surface area contributed by atoms with Crippen molar-refractivity contribution in [3.63, 3.8) is 0 Å². The average Bonchev–Trinajstić information content (AvgIpc) is 3.45. The fraction of sp³-hybridized carbons (Fsp3) is 0.200. The van der Waals surface area contributed by atoms with E-state index in [9.17, 15) is 13.2 Å². The Balaban J connectivity index is 0.000000364. The van der Waals surface area contributed by atoms with Crippen LogP contribution in [0.5, 0.6) is 11.5 Å². The third-order valence-electron chi connectivity index (χ3n) is 5.50. The van der Waals surface area contributed by atoms with Crippen LogP contribution in [0.4, 0.5) is 13.2 Å². The van der Waals surface area contributed by atoms with Crippen LogP contribution in [0, 0.1) is 0 Å². The second-order valence-corrected chi connectivity index (χ2v) is 8.41. The Morgan fingerprint density at radius 2 is 1.80 bits per heavy atom. The van der Waals surface area contributed by atoms with Crippen molar-refractivity contribution in [2.24, 2.45) is 0 Å². The molecule has 0 saturated carbocycles. The number of aliphatic carboxylic acids is 1. The molecule has 1 aliphatic carbocycles. The molecule has 3 N–H and O–H groups in total. The lowest BCUT2D eigenvalue weighted by molar-refractivity contribution is -0.192. The molecule has 182 valence electrons. The Hall–Kier alpha value is -3.56. The van der Waals surface area contributed by atoms with Gasteiger partial charge >= 0.3 is 12.1 Å². The number of carboxylic acids is 1. The molecule has 0 radical (unpaired) electrons. The minimum atomic E-state index is -5.08. The number of hydrogen-bond donors (Lipinski definition) is 3. The van der Waals surface area contributed by atoms with Gasteiger partial charge in [0.15, 0.2) is 0 Å². The summed E-state index contributed by atoms with van der Waals surface area (Å²) in [7, 11) is 0. The van der Waals surface area contributed by atoms with E-state index in [2.05, 4.69) is 45.6 Å². The predicted octanol–water partition coefficient (Wildman–Crippen LogP) is 5.90. The zero-order valence-electron chi connectivity index (χ0n) is 18.3. The van der Waals surface area contributed by atoms with E-state index in [0.29, 0.717) is 16.8 Å². The van der Waals surface area contributed by atoms with Gasteiger partial charge in [-0.2, -0.15) is 13.2 Å². The first-order chi connectivity index (χ1) is 16.7. The number of carbonyl (C=O) groups is 1. The molecule has 1 heterocycles. The summed E-state index contributed by atoms with van der Waals surface area (Å²) in [4.78, 5) is 16.2. The summed E-state index contributed by atoms with van der Waals surface area (Å²) in [5.41, 5.74) is 5.91. The summed E-state index contributed by atoms with van der Waals surface area (Å²) in [6, 6.07) is 20.9. The molecule has 0 spiro atoms. The highest BCUT2D eigenvalue weighted by atomic mass is 35.5. The van der Waals surface area contributed by atoms with E-state index in [1.807, 2.05) is 30.3 Å². The normalized spacial score (nSPS) is 13.3. The summed E-state index contributed by atoms with van der Waals surface area (Å²) in [5, 5.41) is 11.4. The number of nitrogens with one attached hydrogen (secondary N) is 2. The van der Waals surface area contributed by atoms with Crippen molar-refractivity contribution in [1.29, 1.82) is 0 Å². The van der Waals surface area contributed by atoms with Crippen LogP contribution in [0.3, 0.4) is 0 Å². The number of carboxylic acid groups (broad SMARTS) is 1. The molecule has 0 unspecified atom stereocenters. The standard InChI is InChI=1S/C23H20ClN3O.C2HF3O2/c24-20-9-15(13-25-18-10-16-3-1-2-4-17(16)11-18)5-8-23(20)28-19-6-7-21-22(12-19)27-14-26-21;3-2(4,5)1(6)7/h1-9,12,14,18,25H,10-11,13H2,(H,26,27);(H,6,7). The van der Waals surface area contributed by atoms with E-state index in [4.69, 9.17) is 26.2 Å². The van der Waals surface area contributed by atoms with Crippen LogP contribution in [0.25, 0.3) is 11.0 Å². The van der Waals surface area contributed by atoms with Crippen molar-refractivity contribution in [2.75, 3.05) is 0 Å². The van der Waals surface area contributed by atoms with Crippen molar-refractivity contribution in [3.05, 3.63) is 88.7 Å². The first-order valence-electron chi connectivity index (χ1n) is 10.7. The first kappa shape index (κ1) is 24.6. The zero-order chi connectivity index (χ0) is 25.0. The van der Waals surface area contributed by atoms with Gasteiger partial charge in [0, 0.05) is 18.7 Å². The van der Waals surface area contributed by atoms with Gasteiger partial charge in [-0.1, -0.05) is 41.9 Å². The summed E-state index contributed by atoms with van der Waals surface area (Å²) < 4.78 is 37.7. The first-order valence-corrected chi connectivity index (χ1v) is 11.1. The SMILES string of the molecule is Clc1cc(CNC2Cc3ccccc3C2)ccc1Oc1ccc2nc[nH]c2c1.O=C(O)C(F)(F)F. The molecule has 4 aromatic rings. The number of H-pyrrole nitrogens is 1. The molecule has 1 aliphatic rings. The summed E-state index contributed by atoms with van der Waals surface area (Å²) in [6.45, 7) is 0.790. The minimum absolute atomic E-state index is 0.480. The molecule has 3 aromatic carbocycles. The number of benzene rings is 3. The molecule has 0 amide bonds. The van der Waals surface area contributed by atoms with Crippen LogP contribution in [0.1, 0.15) is 16.7 Å². The van der Waals surface area contributed by atoms with Crippen LogP contribution in [-0.4, -0.2) is 33.3 Å². The van der Waals surface area contributed by atoms with E-state index in [1.54, 1.807) is 6.33 Å². The lowest BCUT2D eigenvalue weighted by Crippen LogP contribution is -2.28. The minimum Gasteiger partial charge on any atom is -0.475 e. The molecule has 1 aromatic heterocycles. The number of hydrogen-bond acceptors (Lipinski definition) is 4. The fourth-order valence-corrected chi connectivity index (χ4v) is 4.05. The van der Waals surface area contributed by atoms with E-state index >= 15 is 0 Å². The van der Waals surface area contributed by atoms with Gasteiger partial charge in [0.1, 0.15) is 11.5 Å². The number of nitrogens with zero attached hydrogens (tertiary/aromatic N) is 1. The van der Waals surface area contributed by atoms with Crippen LogP contribution in [0.15, 0.2) is 67.0 Å². The molecule has 0 saturated heterocycles. The molecule has 6 nitrogen and oxygen atoms in total. The number of alkyl halides is 3. The number of ether oxygens (including phenoxy) is 1. The topological polar surface area (TPSA) is 87.2 Å². The van der Waals surface area contributed by atoms with Gasteiger partial charge < -0.3 is 20.1 Å². The van der Waals surface area contributed by atoms with Crippen molar-refractivity contribution in [2.45, 2.75) is 31.6 Å². The molecular weight excluding hydrogens is 483 g/mol. The van der Waals surface area contributed by atoms with Crippen molar-refractivity contribution < 1.29 is 27.8 Å². The monoisotopic (exact) mass is 503 g/mol. The number of aromatic nitrogens is 2. The van der Waals surface area contributed by atoms with E-state index < -0.39 is 12.1 Å². The second kappa shape index (κ2) is 10.4. The van der Waals surface area contributed by atoms with E-state index in [-0.39, 0.29) is 0 Å². The highest BCUT2D eigenvalue weighted by molar-refractivity contribution is 6.32. The molecule has 0 bridgehead atoms. The molecule has 0 atom stereocenters. The molecule has 35 heavy (non-hydrogen) atoms. The van der Waals surface area contributed by atoms with Gasteiger partial charge in [-0.05, 0) is 53.8 Å². The smallest absolute Gasteiger partial charge is 0.475 e. The van der Waals surface area contributed by atoms with Crippen molar-refractivity contribution >= 4 is 28.6 Å². The van der Waals surface area contributed by atoms with Gasteiger partial charge in [-0.15, -0.1) is 0 Å². The lowest BCUT2D eigenvalue weighted by atomic mass is 10.1. The number of aromatic amines is 1. The Labute approximate surface area is 203 Å². The van der Waals surface area contributed by atoms with E-state index in [0.717, 1.165) is 41.7 Å². The quantitative estimate of drug-likeness (QED) is 0.316. The predicted molar refractivity (Wildman–Crippen MR) is 126 cm³/mol. The molecular formula is C25H21ClF3N3O3. The molecule has 5 rings (SSSR count). The third-order valence-corrected chi connectivity index (χ3v) is 5.80. The lowest BCUT2D eigenvalue weighted by Gasteiger charge is -2.13. The highest BCUT2D eigenvalue weighted by Gasteiger charge is 2.38. The third kappa shape index (κ3) is 6.32. The Bertz CT molecular complexity index is 1320. The Morgan fingerprint density at radius 3 is 2.43 bits per heavy atom. The van der Waals surface area contributed by atoms with Crippen molar-refractivity contribution in [1.82, 2.24) is 15.3 Å². The number of fused-ring (bicyclic) bond motifs is 2. The van der Waals surface area contributed by atoms with Crippen LogP contribution < -0.4 is 10.1 Å². The molecule has 0 fully saturated rings. The number of halogens is 4. The van der Waals surface area contributed by atoms with Gasteiger partial charge in [-0.3, -0.25) is 0 Å². The Kier molecular flexibility index (Phi) is 7.28. The van der Waals surface area contributed by atoms with Crippen LogP contribution in [-0.2, 0) is 24.2 Å². The number of imidazole rings is 1. The zero-order valence-corrected chi connectivity index (χ0v) is 19.0. The van der Waals surface area contributed by atoms with Crippen LogP contribution in [0.2, 0.25) is 5.02 Å². The van der Waals surface area contributed by atoms with Gasteiger partial charge in [0.25, 0.3) is 0 Å². The average molecular weight is 504 g/mol. The molecule has 0 aliphatic heterocycles. The number of rotatable bonds is 5. The molecule has 10 heteroatoms. The highest BCUT2D eigenvalue weighted by Crippen LogP contribution is 2.31. The van der Waals surface area contributed by atoms with E-state index in [1.165, 1.54) is 11.1 Å². The summed E-state index contributed by atoms with van der Waals surface area (Å²) >= 11 is 6.47. The maximum Gasteiger partial charge on any atom is 0.490 e. The van der Waals surface area contributed by atoms with Crippen molar-refractivity contribution in [3.8, 4) is 11.5 Å². The van der Waals surface area contributed by atoms with Gasteiger partial charge in [-0.25, -0.2) is 9.78 Å². The largest absolute Gasteiger partial charge is 0.490 e. The summed E-state index contributed by atoms with van der Waals surface area (Å²) in [6.07, 6.45) is -1.24. The van der Waals surface area contributed by atoms with Crippen LogP contribution >= 0.6 is 11.6 Å². The maximum atomic E-state index is 10.6. The second-order valence-electron chi connectivity index (χ2n) is 8.01. The summed E-state index contributed by atoms with van der Waals surface area (Å²) in [5.74, 6) is -1.38. The fourth-order valence-electron chi connectivity index (χ4n) is 3.81. The van der Waals surface area contributed by atoms with Gasteiger partial charge in [0.05, 0.1) is 22.4 Å². The van der Waals surface area contributed by atoms with Gasteiger partial charge in [0.2, 0.25) is 0 Å². The Morgan fingerprint density at radius 1 is 1.11 bits per heavy atom. The maximum absolute atomic E-state index is 10.6.